The van der Waals surface area contributed by atoms with Crippen molar-refractivity contribution in [2.45, 2.75) is 11.1 Å². The van der Waals surface area contributed by atoms with E-state index in [0.29, 0.717) is 12.1 Å². The molecule has 0 spiro atoms. The van der Waals surface area contributed by atoms with Gasteiger partial charge in [0.1, 0.15) is 0 Å². The lowest BCUT2D eigenvalue weighted by Gasteiger charge is -2.26. The van der Waals surface area contributed by atoms with Crippen molar-refractivity contribution in [1.82, 2.24) is 4.72 Å². The van der Waals surface area contributed by atoms with Gasteiger partial charge in [-0.1, -0.05) is 0 Å². The van der Waals surface area contributed by atoms with Gasteiger partial charge in [0, 0.05) is 34.8 Å². The fourth-order valence-corrected chi connectivity index (χ4v) is 3.00. The maximum atomic E-state index is 13.2. The van der Waals surface area contributed by atoms with E-state index in [-0.39, 0.29) is 11.9 Å². The minimum atomic E-state index is -1.58. The highest BCUT2D eigenvalue weighted by Gasteiger charge is 2.19. The molecule has 1 heterocycles. The molecule has 1 unspecified atom stereocenters. The molecule has 0 bridgehead atoms. The van der Waals surface area contributed by atoms with Crippen molar-refractivity contribution in [2.24, 2.45) is 5.73 Å². The SMILES string of the molecule is NCC1NSc2cc(C(=O)Nc3cc(F)c(F)c(F)c3)ccc2N1. The summed E-state index contributed by atoms with van der Waals surface area (Å²) >= 11 is 1.32. The number of carbonyl (C=O) groups excluding carboxylic acids is 1. The molecule has 1 atom stereocenters. The molecule has 5 nitrogen and oxygen atoms in total. The first-order valence-electron chi connectivity index (χ1n) is 6.97. The lowest BCUT2D eigenvalue weighted by atomic mass is 10.1. The van der Waals surface area contributed by atoms with Crippen LogP contribution in [0.1, 0.15) is 10.4 Å². The van der Waals surface area contributed by atoms with Crippen molar-refractivity contribution in [3.8, 4) is 0 Å². The molecule has 24 heavy (non-hydrogen) atoms. The van der Waals surface area contributed by atoms with Gasteiger partial charge in [0.05, 0.1) is 11.9 Å². The molecular formula is C15H13F3N4OS. The van der Waals surface area contributed by atoms with Crippen LogP contribution in [0.2, 0.25) is 0 Å². The maximum absolute atomic E-state index is 13.2. The number of fused-ring (bicyclic) bond motifs is 1. The summed E-state index contributed by atoms with van der Waals surface area (Å²) < 4.78 is 42.4. The predicted octanol–water partition coefficient (Wildman–Crippen LogP) is 2.66. The molecule has 3 rings (SSSR count). The van der Waals surface area contributed by atoms with Gasteiger partial charge in [-0.25, -0.2) is 17.9 Å². The molecular weight excluding hydrogens is 341 g/mol. The molecule has 0 saturated carbocycles. The van der Waals surface area contributed by atoms with Gasteiger partial charge in [0.2, 0.25) is 0 Å². The molecule has 0 fully saturated rings. The molecule has 5 N–H and O–H groups in total. The predicted molar refractivity (Wildman–Crippen MR) is 86.2 cm³/mol. The van der Waals surface area contributed by atoms with E-state index in [4.69, 9.17) is 5.73 Å². The first-order chi connectivity index (χ1) is 11.5. The van der Waals surface area contributed by atoms with Gasteiger partial charge in [0.25, 0.3) is 5.91 Å². The lowest BCUT2D eigenvalue weighted by Crippen LogP contribution is -2.41. The van der Waals surface area contributed by atoms with E-state index in [0.717, 1.165) is 22.7 Å². The van der Waals surface area contributed by atoms with Crippen molar-refractivity contribution in [3.05, 3.63) is 53.3 Å². The molecule has 0 saturated heterocycles. The zero-order chi connectivity index (χ0) is 17.3. The lowest BCUT2D eigenvalue weighted by molar-refractivity contribution is 0.102. The third kappa shape index (κ3) is 3.32. The van der Waals surface area contributed by atoms with Gasteiger partial charge < -0.3 is 16.4 Å². The van der Waals surface area contributed by atoms with E-state index < -0.39 is 23.4 Å². The fraction of sp³-hybridized carbons (Fsp3) is 0.133. The van der Waals surface area contributed by atoms with E-state index in [1.54, 1.807) is 18.2 Å². The second-order valence-corrected chi connectivity index (χ2v) is 5.95. The van der Waals surface area contributed by atoms with Crippen LogP contribution >= 0.6 is 11.9 Å². The van der Waals surface area contributed by atoms with Crippen LogP contribution in [0.5, 0.6) is 0 Å². The summed E-state index contributed by atoms with van der Waals surface area (Å²) in [5, 5.41) is 5.49. The van der Waals surface area contributed by atoms with Crippen LogP contribution in [0.4, 0.5) is 24.5 Å². The zero-order valence-electron chi connectivity index (χ0n) is 12.2. The number of anilines is 2. The highest BCUT2D eigenvalue weighted by Crippen LogP contribution is 2.31. The summed E-state index contributed by atoms with van der Waals surface area (Å²) in [7, 11) is 0. The average molecular weight is 354 g/mol. The van der Waals surface area contributed by atoms with Crippen LogP contribution in [0.15, 0.2) is 35.2 Å². The molecule has 2 aromatic rings. The number of carbonyl (C=O) groups is 1. The van der Waals surface area contributed by atoms with Crippen LogP contribution in [0, 0.1) is 17.5 Å². The van der Waals surface area contributed by atoms with E-state index >= 15 is 0 Å². The number of halogens is 3. The average Bonchev–Trinajstić information content (AvgIpc) is 2.58. The summed E-state index contributed by atoms with van der Waals surface area (Å²) in [4.78, 5) is 13.0. The van der Waals surface area contributed by atoms with Gasteiger partial charge in [-0.15, -0.1) is 0 Å². The third-order valence-corrected chi connectivity index (χ3v) is 4.32. The first-order valence-corrected chi connectivity index (χ1v) is 7.78. The number of amides is 1. The number of nitrogens with two attached hydrogens (primary N) is 1. The van der Waals surface area contributed by atoms with Crippen molar-refractivity contribution < 1.29 is 18.0 Å². The second kappa shape index (κ2) is 6.71. The third-order valence-electron chi connectivity index (χ3n) is 3.36. The van der Waals surface area contributed by atoms with Crippen LogP contribution < -0.4 is 21.1 Å². The minimum absolute atomic E-state index is 0.0765. The van der Waals surface area contributed by atoms with Crippen LogP contribution in [0.3, 0.4) is 0 Å². The summed E-state index contributed by atoms with van der Waals surface area (Å²) in [6.45, 7) is 0.399. The molecule has 2 aromatic carbocycles. The van der Waals surface area contributed by atoms with E-state index in [2.05, 4.69) is 15.4 Å². The van der Waals surface area contributed by atoms with Crippen LogP contribution in [0.25, 0.3) is 0 Å². The Bertz CT molecular complexity index is 779. The van der Waals surface area contributed by atoms with Crippen LogP contribution in [-0.4, -0.2) is 18.6 Å². The first kappa shape index (κ1) is 16.6. The molecule has 126 valence electrons. The van der Waals surface area contributed by atoms with Gasteiger partial charge in [-0.3, -0.25) is 4.79 Å². The Hall–Kier alpha value is -2.23. The van der Waals surface area contributed by atoms with Crippen molar-refractivity contribution >= 4 is 29.2 Å². The molecule has 0 radical (unpaired) electrons. The minimum Gasteiger partial charge on any atom is -0.367 e. The molecule has 0 aromatic heterocycles. The Balaban J connectivity index is 1.79. The smallest absolute Gasteiger partial charge is 0.255 e. The second-order valence-electron chi connectivity index (χ2n) is 5.07. The van der Waals surface area contributed by atoms with E-state index in [1.807, 2.05) is 0 Å². The number of hydrogen-bond donors (Lipinski definition) is 4. The van der Waals surface area contributed by atoms with Gasteiger partial charge in [0.15, 0.2) is 17.5 Å². The quantitative estimate of drug-likeness (QED) is 0.503. The van der Waals surface area contributed by atoms with E-state index in [9.17, 15) is 18.0 Å². The molecule has 9 heteroatoms. The van der Waals surface area contributed by atoms with Crippen molar-refractivity contribution in [2.75, 3.05) is 17.2 Å². The van der Waals surface area contributed by atoms with Gasteiger partial charge >= 0.3 is 0 Å². The number of nitrogens with one attached hydrogen (secondary N) is 3. The Labute approximate surface area is 139 Å². The number of hydrogen-bond acceptors (Lipinski definition) is 5. The van der Waals surface area contributed by atoms with Crippen molar-refractivity contribution in [1.29, 1.82) is 0 Å². The Morgan fingerprint density at radius 3 is 2.58 bits per heavy atom. The normalized spacial score (nSPS) is 16.2. The largest absolute Gasteiger partial charge is 0.367 e. The topological polar surface area (TPSA) is 79.2 Å². The molecule has 1 amide bonds. The Morgan fingerprint density at radius 1 is 1.21 bits per heavy atom. The van der Waals surface area contributed by atoms with Crippen molar-refractivity contribution in [3.63, 3.8) is 0 Å². The van der Waals surface area contributed by atoms with Crippen LogP contribution in [-0.2, 0) is 0 Å². The Kier molecular flexibility index (Phi) is 4.65. The fourth-order valence-electron chi connectivity index (χ4n) is 2.16. The molecule has 1 aliphatic rings. The maximum Gasteiger partial charge on any atom is 0.255 e. The molecule has 1 aliphatic heterocycles. The number of rotatable bonds is 3. The standard InChI is InChI=1S/C15H13F3N4OS/c16-9-4-8(5-10(17)14(9)18)20-15(23)7-1-2-11-12(3-7)24-22-13(6-19)21-11/h1-5,13,21-22H,6,19H2,(H,20,23). The zero-order valence-corrected chi connectivity index (χ0v) is 13.0. The summed E-state index contributed by atoms with van der Waals surface area (Å²) in [5.41, 5.74) is 6.52. The summed E-state index contributed by atoms with van der Waals surface area (Å²) in [5.74, 6) is -4.88. The van der Waals surface area contributed by atoms with Gasteiger partial charge in [-0.2, -0.15) is 0 Å². The summed E-state index contributed by atoms with van der Waals surface area (Å²) in [6.07, 6.45) is -0.0765. The highest BCUT2D eigenvalue weighted by molar-refractivity contribution is 7.97. The van der Waals surface area contributed by atoms with E-state index in [1.165, 1.54) is 11.9 Å². The monoisotopic (exact) mass is 354 g/mol. The number of benzene rings is 2. The Morgan fingerprint density at radius 2 is 1.92 bits per heavy atom. The van der Waals surface area contributed by atoms with Gasteiger partial charge in [-0.05, 0) is 30.1 Å². The highest BCUT2D eigenvalue weighted by atomic mass is 32.2. The summed E-state index contributed by atoms with van der Waals surface area (Å²) in [6, 6.07) is 6.35. The molecule has 0 aliphatic carbocycles.